The molecule has 0 radical (unpaired) electrons. The quantitative estimate of drug-likeness (QED) is 0.868. The van der Waals surface area contributed by atoms with Crippen LogP contribution in [0.3, 0.4) is 0 Å². The molecule has 0 amide bonds. The molecular weight excluding hydrogens is 221 g/mol. The van der Waals surface area contributed by atoms with E-state index in [1.807, 2.05) is 0 Å². The number of carboxylic acid groups (broad SMARTS) is 1. The van der Waals surface area contributed by atoms with Crippen LogP contribution in [0.4, 0.5) is 10.1 Å². The highest BCUT2D eigenvalue weighted by Crippen LogP contribution is 2.32. The molecule has 1 aromatic rings. The maximum atomic E-state index is 13.5. The summed E-state index contributed by atoms with van der Waals surface area (Å²) in [6.45, 7) is 0. The summed E-state index contributed by atoms with van der Waals surface area (Å²) >= 11 is 0. The van der Waals surface area contributed by atoms with Crippen molar-refractivity contribution in [2.24, 2.45) is 0 Å². The van der Waals surface area contributed by atoms with Crippen molar-refractivity contribution in [2.75, 3.05) is 5.32 Å². The number of hydrogen-bond acceptors (Lipinski definition) is 3. The summed E-state index contributed by atoms with van der Waals surface area (Å²) in [5.74, 6) is -1.57. The maximum absolute atomic E-state index is 13.5. The molecule has 0 aromatic heterocycles. The first-order chi connectivity index (χ1) is 8.14. The lowest BCUT2D eigenvalue weighted by Gasteiger charge is -2.39. The second kappa shape index (κ2) is 4.73. The number of carbonyl (C=O) groups excluding carboxylic acids is 1. The molecule has 1 fully saturated rings. The first-order valence-electron chi connectivity index (χ1n) is 5.88. The van der Waals surface area contributed by atoms with Gasteiger partial charge in [-0.25, -0.2) is 4.39 Å². The van der Waals surface area contributed by atoms with Crippen molar-refractivity contribution < 1.29 is 14.3 Å². The van der Waals surface area contributed by atoms with Gasteiger partial charge in [-0.3, -0.25) is 0 Å². The standard InChI is InChI=1S/C13H16FNO2/c14-10-6-2-3-7-11(10)15-13(12(16)17)8-4-1-5-9-13/h2-3,6-7,15H,1,4-5,8-9H2,(H,16,17)/p-1. The molecule has 1 saturated carbocycles. The number of anilines is 1. The Bertz CT molecular complexity index is 414. The lowest BCUT2D eigenvalue weighted by molar-refractivity contribution is -0.313. The van der Waals surface area contributed by atoms with Gasteiger partial charge >= 0.3 is 0 Å². The van der Waals surface area contributed by atoms with Crippen LogP contribution < -0.4 is 10.4 Å². The molecule has 2 rings (SSSR count). The Kier molecular flexibility index (Phi) is 3.31. The van der Waals surface area contributed by atoms with Crippen LogP contribution >= 0.6 is 0 Å². The smallest absolute Gasteiger partial charge is 0.146 e. The van der Waals surface area contributed by atoms with E-state index >= 15 is 0 Å². The maximum Gasteiger partial charge on any atom is 0.146 e. The summed E-state index contributed by atoms with van der Waals surface area (Å²) in [7, 11) is 0. The Hall–Kier alpha value is -1.58. The topological polar surface area (TPSA) is 52.2 Å². The fourth-order valence-corrected chi connectivity index (χ4v) is 2.36. The molecule has 1 aliphatic carbocycles. The highest BCUT2D eigenvalue weighted by Gasteiger charge is 2.33. The Labute approximate surface area is 99.7 Å². The summed E-state index contributed by atoms with van der Waals surface area (Å²) < 4.78 is 13.5. The molecule has 0 aliphatic heterocycles. The average Bonchev–Trinajstić information content (AvgIpc) is 2.33. The molecule has 3 nitrogen and oxygen atoms in total. The van der Waals surface area contributed by atoms with Crippen molar-refractivity contribution in [1.29, 1.82) is 0 Å². The van der Waals surface area contributed by atoms with Gasteiger partial charge in [0.1, 0.15) is 5.82 Å². The van der Waals surface area contributed by atoms with Crippen molar-refractivity contribution in [1.82, 2.24) is 0 Å². The van der Waals surface area contributed by atoms with E-state index in [1.54, 1.807) is 18.2 Å². The van der Waals surface area contributed by atoms with Crippen LogP contribution in [-0.4, -0.2) is 11.5 Å². The van der Waals surface area contributed by atoms with Crippen molar-refractivity contribution in [3.05, 3.63) is 30.1 Å². The van der Waals surface area contributed by atoms with E-state index in [0.717, 1.165) is 19.3 Å². The number of halogens is 1. The third-order valence-electron chi connectivity index (χ3n) is 3.35. The molecule has 0 heterocycles. The molecule has 0 bridgehead atoms. The van der Waals surface area contributed by atoms with Crippen molar-refractivity contribution in [2.45, 2.75) is 37.6 Å². The van der Waals surface area contributed by atoms with E-state index in [4.69, 9.17) is 0 Å². The minimum Gasteiger partial charge on any atom is -0.548 e. The second-order valence-electron chi connectivity index (χ2n) is 4.54. The number of rotatable bonds is 3. The van der Waals surface area contributed by atoms with Crippen LogP contribution in [0.5, 0.6) is 0 Å². The molecule has 1 aliphatic rings. The van der Waals surface area contributed by atoms with Crippen molar-refractivity contribution >= 4 is 11.7 Å². The second-order valence-corrected chi connectivity index (χ2v) is 4.54. The lowest BCUT2D eigenvalue weighted by atomic mass is 9.81. The Morgan fingerprint density at radius 3 is 2.47 bits per heavy atom. The Morgan fingerprint density at radius 1 is 1.24 bits per heavy atom. The number of para-hydroxylation sites is 1. The molecule has 17 heavy (non-hydrogen) atoms. The van der Waals surface area contributed by atoms with Gasteiger partial charge in [0, 0.05) is 0 Å². The van der Waals surface area contributed by atoms with E-state index in [9.17, 15) is 14.3 Å². The number of nitrogens with one attached hydrogen (secondary N) is 1. The zero-order valence-electron chi connectivity index (χ0n) is 9.54. The van der Waals surface area contributed by atoms with Gasteiger partial charge in [-0.05, 0) is 25.0 Å². The fourth-order valence-electron chi connectivity index (χ4n) is 2.36. The predicted octanol–water partition coefficient (Wildman–Crippen LogP) is 1.69. The van der Waals surface area contributed by atoms with Crippen LogP contribution in [0.1, 0.15) is 32.1 Å². The molecular formula is C13H15FNO2-. The lowest BCUT2D eigenvalue weighted by Crippen LogP contribution is -2.55. The van der Waals surface area contributed by atoms with Gasteiger partial charge in [0.2, 0.25) is 0 Å². The Balaban J connectivity index is 2.24. The van der Waals surface area contributed by atoms with E-state index in [-0.39, 0.29) is 5.69 Å². The van der Waals surface area contributed by atoms with Crippen LogP contribution in [0.2, 0.25) is 0 Å². The first-order valence-corrected chi connectivity index (χ1v) is 5.88. The fraction of sp³-hybridized carbons (Fsp3) is 0.462. The van der Waals surface area contributed by atoms with Crippen LogP contribution in [0, 0.1) is 5.82 Å². The van der Waals surface area contributed by atoms with Gasteiger partial charge in [0.25, 0.3) is 0 Å². The number of carbonyl (C=O) groups is 1. The largest absolute Gasteiger partial charge is 0.548 e. The molecule has 0 unspecified atom stereocenters. The normalized spacial score (nSPS) is 18.6. The SMILES string of the molecule is O=C([O-])C1(Nc2ccccc2F)CCCCC1. The molecule has 0 spiro atoms. The highest BCUT2D eigenvalue weighted by atomic mass is 19.1. The predicted molar refractivity (Wildman–Crippen MR) is 60.8 cm³/mol. The molecule has 0 atom stereocenters. The minimum atomic E-state index is -1.14. The first kappa shape index (κ1) is 11.9. The van der Waals surface area contributed by atoms with E-state index in [2.05, 4.69) is 5.32 Å². The van der Waals surface area contributed by atoms with Gasteiger partial charge in [0.05, 0.1) is 17.2 Å². The summed E-state index contributed by atoms with van der Waals surface area (Å²) in [4.78, 5) is 11.3. The van der Waals surface area contributed by atoms with E-state index < -0.39 is 17.3 Å². The highest BCUT2D eigenvalue weighted by molar-refractivity contribution is 5.81. The van der Waals surface area contributed by atoms with Crippen LogP contribution in [0.25, 0.3) is 0 Å². The Morgan fingerprint density at radius 2 is 1.88 bits per heavy atom. The molecule has 0 saturated heterocycles. The van der Waals surface area contributed by atoms with Gasteiger partial charge in [-0.15, -0.1) is 0 Å². The zero-order chi connectivity index (χ0) is 12.3. The van der Waals surface area contributed by atoms with E-state index in [1.165, 1.54) is 6.07 Å². The molecule has 1 N–H and O–H groups in total. The summed E-state index contributed by atoms with van der Waals surface area (Å²) in [6.07, 6.45) is 3.66. The number of aliphatic carboxylic acids is 1. The summed E-state index contributed by atoms with van der Waals surface area (Å²) in [5, 5.41) is 14.1. The monoisotopic (exact) mass is 236 g/mol. The number of benzene rings is 1. The van der Waals surface area contributed by atoms with Crippen molar-refractivity contribution in [3.8, 4) is 0 Å². The summed E-state index contributed by atoms with van der Waals surface area (Å²) in [5.41, 5.74) is -0.876. The minimum absolute atomic E-state index is 0.235. The van der Waals surface area contributed by atoms with Gasteiger partial charge < -0.3 is 15.2 Å². The third-order valence-corrected chi connectivity index (χ3v) is 3.35. The van der Waals surface area contributed by atoms with Crippen LogP contribution in [0.15, 0.2) is 24.3 Å². The summed E-state index contributed by atoms with van der Waals surface area (Å²) in [6, 6.07) is 6.12. The third kappa shape index (κ3) is 2.40. The van der Waals surface area contributed by atoms with Gasteiger partial charge in [0.15, 0.2) is 0 Å². The van der Waals surface area contributed by atoms with Crippen LogP contribution in [-0.2, 0) is 4.79 Å². The number of hydrogen-bond donors (Lipinski definition) is 1. The van der Waals surface area contributed by atoms with Gasteiger partial charge in [-0.2, -0.15) is 0 Å². The molecule has 92 valence electrons. The van der Waals surface area contributed by atoms with E-state index in [0.29, 0.717) is 12.8 Å². The molecule has 4 heteroatoms. The zero-order valence-corrected chi connectivity index (χ0v) is 9.54. The van der Waals surface area contributed by atoms with Crippen molar-refractivity contribution in [3.63, 3.8) is 0 Å². The average molecular weight is 236 g/mol. The molecule has 1 aromatic carbocycles. The number of carboxylic acids is 1. The van der Waals surface area contributed by atoms with Gasteiger partial charge in [-0.1, -0.05) is 31.4 Å².